The van der Waals surface area contributed by atoms with Gasteiger partial charge in [0.05, 0.1) is 6.54 Å². The van der Waals surface area contributed by atoms with E-state index in [4.69, 9.17) is 5.73 Å². The van der Waals surface area contributed by atoms with Gasteiger partial charge in [-0.25, -0.2) is 8.78 Å². The van der Waals surface area contributed by atoms with Crippen molar-refractivity contribution in [2.75, 3.05) is 13.1 Å². The summed E-state index contributed by atoms with van der Waals surface area (Å²) in [6.45, 7) is 1.90. The van der Waals surface area contributed by atoms with E-state index in [0.717, 1.165) is 0 Å². The lowest BCUT2D eigenvalue weighted by Crippen LogP contribution is -2.36. The lowest BCUT2D eigenvalue weighted by molar-refractivity contribution is 0.142. The summed E-state index contributed by atoms with van der Waals surface area (Å²) >= 11 is 0. The summed E-state index contributed by atoms with van der Waals surface area (Å²) < 4.78 is 22.9. The van der Waals surface area contributed by atoms with Crippen LogP contribution < -0.4 is 11.1 Å². The molecule has 0 aromatic heterocycles. The van der Waals surface area contributed by atoms with Crippen LogP contribution in [-0.2, 0) is 0 Å². The maximum absolute atomic E-state index is 11.4. The molecule has 1 unspecified atom stereocenters. The van der Waals surface area contributed by atoms with Gasteiger partial charge in [-0.3, -0.25) is 0 Å². The van der Waals surface area contributed by atoms with Crippen LogP contribution in [0.1, 0.15) is 6.92 Å². The standard InChI is InChI=1S/C5H12F2N2.2ClH/c1-4(2-8)9-3-5(6)7;;/h4-5,9H,2-3,8H2,1H3;2*1H. The zero-order valence-corrected chi connectivity index (χ0v) is 7.85. The maximum Gasteiger partial charge on any atom is 0.250 e. The zero-order valence-electron chi connectivity index (χ0n) is 6.22. The first kappa shape index (κ1) is 17.4. The highest BCUT2D eigenvalue weighted by Gasteiger charge is 2.03. The van der Waals surface area contributed by atoms with Crippen molar-refractivity contribution in [3.63, 3.8) is 0 Å². The van der Waals surface area contributed by atoms with E-state index in [9.17, 15) is 8.78 Å². The lowest BCUT2D eigenvalue weighted by atomic mass is 10.3. The summed E-state index contributed by atoms with van der Waals surface area (Å²) in [6, 6.07) is -0.0148. The van der Waals surface area contributed by atoms with E-state index >= 15 is 0 Å². The Hall–Kier alpha value is 0.360. The Morgan fingerprint density at radius 1 is 1.36 bits per heavy atom. The van der Waals surface area contributed by atoms with Gasteiger partial charge in [-0.2, -0.15) is 0 Å². The molecule has 0 radical (unpaired) electrons. The van der Waals surface area contributed by atoms with Gasteiger partial charge in [-0.15, -0.1) is 24.8 Å². The average molecular weight is 211 g/mol. The van der Waals surface area contributed by atoms with Crippen LogP contribution in [0.2, 0.25) is 0 Å². The monoisotopic (exact) mass is 210 g/mol. The molecule has 11 heavy (non-hydrogen) atoms. The second kappa shape index (κ2) is 10.4. The third-order valence-corrected chi connectivity index (χ3v) is 0.974. The summed E-state index contributed by atoms with van der Waals surface area (Å²) in [6.07, 6.45) is -2.28. The van der Waals surface area contributed by atoms with Gasteiger partial charge < -0.3 is 11.1 Å². The van der Waals surface area contributed by atoms with E-state index in [0.29, 0.717) is 6.54 Å². The molecule has 1 atom stereocenters. The van der Waals surface area contributed by atoms with Gasteiger partial charge >= 0.3 is 0 Å². The predicted octanol–water partition coefficient (Wildman–Crippen LogP) is 1.03. The Morgan fingerprint density at radius 3 is 2.09 bits per heavy atom. The fraction of sp³-hybridized carbons (Fsp3) is 1.00. The Labute approximate surface area is 77.7 Å². The van der Waals surface area contributed by atoms with Crippen LogP contribution in [0.4, 0.5) is 8.78 Å². The van der Waals surface area contributed by atoms with Crippen molar-refractivity contribution in [1.29, 1.82) is 0 Å². The minimum absolute atomic E-state index is 0. The second-order valence-electron chi connectivity index (χ2n) is 1.94. The summed E-state index contributed by atoms with van der Waals surface area (Å²) in [5.74, 6) is 0. The third kappa shape index (κ3) is 13.4. The summed E-state index contributed by atoms with van der Waals surface area (Å²) in [5.41, 5.74) is 5.15. The van der Waals surface area contributed by atoms with Crippen molar-refractivity contribution in [2.45, 2.75) is 19.4 Å². The second-order valence-corrected chi connectivity index (χ2v) is 1.94. The van der Waals surface area contributed by atoms with Gasteiger partial charge in [-0.1, -0.05) is 0 Å². The molecule has 0 aromatic carbocycles. The first-order valence-corrected chi connectivity index (χ1v) is 2.88. The van der Waals surface area contributed by atoms with Crippen molar-refractivity contribution in [2.24, 2.45) is 5.73 Å². The number of alkyl halides is 2. The van der Waals surface area contributed by atoms with E-state index in [1.54, 1.807) is 6.92 Å². The Bertz CT molecular complexity index is 75.5. The molecule has 0 aliphatic rings. The zero-order chi connectivity index (χ0) is 7.28. The Morgan fingerprint density at radius 2 is 1.82 bits per heavy atom. The van der Waals surface area contributed by atoms with Crippen LogP contribution >= 0.6 is 24.8 Å². The highest BCUT2D eigenvalue weighted by molar-refractivity contribution is 5.85. The van der Waals surface area contributed by atoms with Gasteiger partial charge in [0.25, 0.3) is 6.43 Å². The number of nitrogens with two attached hydrogens (primary N) is 1. The van der Waals surface area contributed by atoms with Crippen LogP contribution in [-0.4, -0.2) is 25.6 Å². The molecule has 0 bridgehead atoms. The minimum Gasteiger partial charge on any atom is -0.329 e. The largest absolute Gasteiger partial charge is 0.329 e. The predicted molar refractivity (Wildman–Crippen MR) is 47.0 cm³/mol. The molecule has 0 spiro atoms. The van der Waals surface area contributed by atoms with Crippen LogP contribution in [0.3, 0.4) is 0 Å². The molecule has 0 fully saturated rings. The maximum atomic E-state index is 11.4. The third-order valence-electron chi connectivity index (χ3n) is 0.974. The van der Waals surface area contributed by atoms with Crippen LogP contribution in [0.15, 0.2) is 0 Å². The van der Waals surface area contributed by atoms with Crippen LogP contribution in [0, 0.1) is 0 Å². The van der Waals surface area contributed by atoms with Crippen LogP contribution in [0.5, 0.6) is 0 Å². The highest BCUT2D eigenvalue weighted by atomic mass is 35.5. The number of hydrogen-bond donors (Lipinski definition) is 2. The van der Waals surface area contributed by atoms with Crippen LogP contribution in [0.25, 0.3) is 0 Å². The first-order valence-electron chi connectivity index (χ1n) is 2.88. The molecule has 0 saturated heterocycles. The van der Waals surface area contributed by atoms with E-state index in [2.05, 4.69) is 5.32 Å². The van der Waals surface area contributed by atoms with Crippen molar-refractivity contribution in [3.8, 4) is 0 Å². The summed E-state index contributed by atoms with van der Waals surface area (Å²) in [7, 11) is 0. The molecular weight excluding hydrogens is 197 g/mol. The molecule has 0 aliphatic heterocycles. The van der Waals surface area contributed by atoms with E-state index < -0.39 is 6.43 Å². The molecule has 0 heterocycles. The molecule has 0 amide bonds. The van der Waals surface area contributed by atoms with Crippen molar-refractivity contribution in [3.05, 3.63) is 0 Å². The molecule has 3 N–H and O–H groups in total. The molecule has 0 aromatic rings. The van der Waals surface area contributed by atoms with Gasteiger partial charge in [0.1, 0.15) is 0 Å². The molecule has 72 valence electrons. The number of halogens is 4. The first-order chi connectivity index (χ1) is 4.16. The van der Waals surface area contributed by atoms with E-state index in [1.165, 1.54) is 0 Å². The van der Waals surface area contributed by atoms with E-state index in [1.807, 2.05) is 0 Å². The van der Waals surface area contributed by atoms with Gasteiger partial charge in [0, 0.05) is 12.6 Å². The number of hydrogen-bond acceptors (Lipinski definition) is 2. The lowest BCUT2D eigenvalue weighted by Gasteiger charge is -2.09. The average Bonchev–Trinajstić information content (AvgIpc) is 1.83. The van der Waals surface area contributed by atoms with Crippen molar-refractivity contribution >= 4 is 24.8 Å². The van der Waals surface area contributed by atoms with Gasteiger partial charge in [-0.05, 0) is 6.92 Å². The molecule has 0 rings (SSSR count). The topological polar surface area (TPSA) is 38.0 Å². The van der Waals surface area contributed by atoms with Crippen molar-refractivity contribution < 1.29 is 8.78 Å². The number of rotatable bonds is 4. The van der Waals surface area contributed by atoms with Crippen molar-refractivity contribution in [1.82, 2.24) is 5.32 Å². The highest BCUT2D eigenvalue weighted by Crippen LogP contribution is 1.88. The van der Waals surface area contributed by atoms with E-state index in [-0.39, 0.29) is 37.4 Å². The molecule has 0 saturated carbocycles. The Balaban J connectivity index is -0.000000320. The quantitative estimate of drug-likeness (QED) is 0.728. The fourth-order valence-electron chi connectivity index (χ4n) is 0.374. The summed E-state index contributed by atoms with van der Waals surface area (Å²) in [5, 5.41) is 2.56. The molecule has 6 heteroatoms. The fourth-order valence-corrected chi connectivity index (χ4v) is 0.374. The Kier molecular flexibility index (Phi) is 16.4. The molecular formula is C5H14Cl2F2N2. The summed E-state index contributed by atoms with van der Waals surface area (Å²) in [4.78, 5) is 0. The van der Waals surface area contributed by atoms with Gasteiger partial charge in [0.2, 0.25) is 0 Å². The molecule has 2 nitrogen and oxygen atoms in total. The minimum atomic E-state index is -2.28. The smallest absolute Gasteiger partial charge is 0.250 e. The number of nitrogens with one attached hydrogen (secondary N) is 1. The SMILES string of the molecule is CC(CN)NCC(F)F.Cl.Cl. The molecule has 0 aliphatic carbocycles. The van der Waals surface area contributed by atoms with Gasteiger partial charge in [0.15, 0.2) is 0 Å². The normalized spacial score (nSPS) is 11.7.